The van der Waals surface area contributed by atoms with Gasteiger partial charge in [0.25, 0.3) is 0 Å². The fourth-order valence-corrected chi connectivity index (χ4v) is 3.12. The van der Waals surface area contributed by atoms with Crippen LogP contribution in [0.5, 0.6) is 11.5 Å². The number of amides is 4. The molecule has 25 heavy (non-hydrogen) atoms. The molecule has 7 heteroatoms. The fraction of sp³-hybridized carbons (Fsp3) is 0.500. The first-order valence-electron chi connectivity index (χ1n) is 8.31. The number of hydrogen-bond donors (Lipinski definition) is 1. The van der Waals surface area contributed by atoms with Gasteiger partial charge in [-0.25, -0.2) is 4.79 Å². The van der Waals surface area contributed by atoms with E-state index in [-0.39, 0.29) is 6.54 Å². The van der Waals surface area contributed by atoms with Crippen molar-refractivity contribution in [2.24, 2.45) is 5.41 Å². The van der Waals surface area contributed by atoms with Gasteiger partial charge in [-0.1, -0.05) is 13.8 Å². The van der Waals surface area contributed by atoms with Gasteiger partial charge in [0.05, 0.1) is 14.2 Å². The minimum Gasteiger partial charge on any atom is -0.497 e. The van der Waals surface area contributed by atoms with Gasteiger partial charge >= 0.3 is 6.03 Å². The molecule has 0 atom stereocenters. The average molecular weight is 348 g/mol. The van der Waals surface area contributed by atoms with E-state index in [1.807, 2.05) is 6.07 Å². The maximum Gasteiger partial charge on any atom is 0.330 e. The van der Waals surface area contributed by atoms with Crippen LogP contribution >= 0.6 is 0 Å². The van der Waals surface area contributed by atoms with Crippen LogP contribution in [0.4, 0.5) is 4.79 Å². The smallest absolute Gasteiger partial charge is 0.330 e. The molecule has 0 unspecified atom stereocenters. The van der Waals surface area contributed by atoms with E-state index in [1.165, 1.54) is 0 Å². The standard InChI is InChI=1S/C18H24N2O5/c1-5-18(6-2)15(21)19-17(23)20(16(18)22)10-9-12-11-13(24-3)7-8-14(12)25-4/h7-8,11H,5-6,9-10H2,1-4H3,(H,19,21,23). The molecule has 0 saturated carbocycles. The molecular formula is C18H24N2O5. The van der Waals surface area contributed by atoms with E-state index in [0.717, 1.165) is 10.5 Å². The summed E-state index contributed by atoms with van der Waals surface area (Å²) < 4.78 is 10.5. The van der Waals surface area contributed by atoms with Crippen molar-refractivity contribution in [2.75, 3.05) is 20.8 Å². The fourth-order valence-electron chi connectivity index (χ4n) is 3.12. The number of benzene rings is 1. The highest BCUT2D eigenvalue weighted by molar-refractivity contribution is 6.19. The van der Waals surface area contributed by atoms with Crippen molar-refractivity contribution < 1.29 is 23.9 Å². The van der Waals surface area contributed by atoms with Gasteiger partial charge in [-0.05, 0) is 43.0 Å². The highest BCUT2D eigenvalue weighted by Crippen LogP contribution is 2.33. The van der Waals surface area contributed by atoms with Crippen molar-refractivity contribution in [3.63, 3.8) is 0 Å². The lowest BCUT2D eigenvalue weighted by Crippen LogP contribution is -2.63. The predicted octanol–water partition coefficient (Wildman–Crippen LogP) is 2.13. The van der Waals surface area contributed by atoms with Crippen LogP contribution in [-0.2, 0) is 16.0 Å². The van der Waals surface area contributed by atoms with Gasteiger partial charge in [-0.2, -0.15) is 0 Å². The predicted molar refractivity (Wildman–Crippen MR) is 91.5 cm³/mol. The Morgan fingerprint density at radius 1 is 1.08 bits per heavy atom. The SMILES string of the molecule is CCC1(CC)C(=O)NC(=O)N(CCc2cc(OC)ccc2OC)C1=O. The molecular weight excluding hydrogens is 324 g/mol. The van der Waals surface area contributed by atoms with Gasteiger partial charge in [-0.3, -0.25) is 19.8 Å². The molecule has 1 aliphatic heterocycles. The Morgan fingerprint density at radius 2 is 1.76 bits per heavy atom. The molecule has 1 fully saturated rings. The monoisotopic (exact) mass is 348 g/mol. The number of methoxy groups -OCH3 is 2. The van der Waals surface area contributed by atoms with Gasteiger partial charge in [0.2, 0.25) is 11.8 Å². The second-order valence-corrected chi connectivity index (χ2v) is 5.93. The number of imide groups is 2. The number of nitrogens with one attached hydrogen (secondary N) is 1. The number of carbonyl (C=O) groups is 3. The summed E-state index contributed by atoms with van der Waals surface area (Å²) in [5.41, 5.74) is -0.357. The highest BCUT2D eigenvalue weighted by Gasteiger charge is 2.51. The van der Waals surface area contributed by atoms with Crippen LogP contribution in [0.25, 0.3) is 0 Å². The molecule has 1 saturated heterocycles. The third kappa shape index (κ3) is 3.31. The highest BCUT2D eigenvalue weighted by atomic mass is 16.5. The third-order valence-corrected chi connectivity index (χ3v) is 4.85. The lowest BCUT2D eigenvalue weighted by Gasteiger charge is -2.38. The molecule has 136 valence electrons. The zero-order valence-electron chi connectivity index (χ0n) is 15.0. The first-order valence-corrected chi connectivity index (χ1v) is 8.31. The van der Waals surface area contributed by atoms with Gasteiger partial charge in [0.15, 0.2) is 0 Å². The van der Waals surface area contributed by atoms with E-state index in [4.69, 9.17) is 9.47 Å². The maximum absolute atomic E-state index is 12.8. The van der Waals surface area contributed by atoms with Gasteiger partial charge in [0.1, 0.15) is 16.9 Å². The summed E-state index contributed by atoms with van der Waals surface area (Å²) in [5, 5.41) is 2.31. The van der Waals surface area contributed by atoms with E-state index in [0.29, 0.717) is 30.8 Å². The van der Waals surface area contributed by atoms with Gasteiger partial charge in [-0.15, -0.1) is 0 Å². The zero-order chi connectivity index (χ0) is 18.6. The molecule has 4 amide bonds. The van der Waals surface area contributed by atoms with E-state index in [9.17, 15) is 14.4 Å². The first-order chi connectivity index (χ1) is 11.9. The molecule has 0 bridgehead atoms. The molecule has 2 rings (SSSR count). The lowest BCUT2D eigenvalue weighted by atomic mass is 9.78. The van der Waals surface area contributed by atoms with Crippen LogP contribution in [0.15, 0.2) is 18.2 Å². The summed E-state index contributed by atoms with van der Waals surface area (Å²) >= 11 is 0. The number of barbiturate groups is 1. The number of urea groups is 1. The maximum atomic E-state index is 12.8. The molecule has 0 spiro atoms. The average Bonchev–Trinajstić information content (AvgIpc) is 2.62. The summed E-state index contributed by atoms with van der Waals surface area (Å²) in [6, 6.07) is 4.69. The Morgan fingerprint density at radius 3 is 2.32 bits per heavy atom. The topological polar surface area (TPSA) is 84.9 Å². The molecule has 1 aliphatic rings. The van der Waals surface area contributed by atoms with Gasteiger partial charge < -0.3 is 9.47 Å². The second kappa shape index (κ2) is 7.55. The van der Waals surface area contributed by atoms with Crippen LogP contribution in [-0.4, -0.2) is 43.5 Å². The number of nitrogens with zero attached hydrogens (tertiary/aromatic N) is 1. The van der Waals surface area contributed by atoms with Crippen molar-refractivity contribution in [3.05, 3.63) is 23.8 Å². The summed E-state index contributed by atoms with van der Waals surface area (Å²) in [5.74, 6) is 0.367. The molecule has 0 radical (unpaired) electrons. The molecule has 1 N–H and O–H groups in total. The number of ether oxygens (including phenoxy) is 2. The van der Waals surface area contributed by atoms with Crippen molar-refractivity contribution in [3.8, 4) is 11.5 Å². The van der Waals surface area contributed by atoms with Crippen molar-refractivity contribution in [1.82, 2.24) is 10.2 Å². The van der Waals surface area contributed by atoms with Crippen LogP contribution in [0.1, 0.15) is 32.3 Å². The molecule has 1 aromatic rings. The molecule has 7 nitrogen and oxygen atoms in total. The largest absolute Gasteiger partial charge is 0.497 e. The van der Waals surface area contributed by atoms with Crippen LogP contribution < -0.4 is 14.8 Å². The summed E-state index contributed by atoms with van der Waals surface area (Å²) in [6.45, 7) is 3.71. The minimum absolute atomic E-state index is 0.156. The van der Waals surface area contributed by atoms with Gasteiger partial charge in [0, 0.05) is 6.54 Å². The molecule has 1 heterocycles. The summed E-state index contributed by atoms with van der Waals surface area (Å²) in [4.78, 5) is 38.3. The molecule has 0 aromatic heterocycles. The zero-order valence-corrected chi connectivity index (χ0v) is 15.0. The second-order valence-electron chi connectivity index (χ2n) is 5.93. The van der Waals surface area contributed by atoms with Crippen LogP contribution in [0.2, 0.25) is 0 Å². The Balaban J connectivity index is 2.23. The van der Waals surface area contributed by atoms with Crippen molar-refractivity contribution in [2.45, 2.75) is 33.1 Å². The molecule has 0 aliphatic carbocycles. The van der Waals surface area contributed by atoms with Crippen LogP contribution in [0, 0.1) is 5.41 Å². The van der Waals surface area contributed by atoms with E-state index in [1.54, 1.807) is 40.2 Å². The molecule has 1 aromatic carbocycles. The summed E-state index contributed by atoms with van der Waals surface area (Å²) in [6.07, 6.45) is 1.10. The summed E-state index contributed by atoms with van der Waals surface area (Å²) in [7, 11) is 3.12. The first kappa shape index (κ1) is 18.8. The Bertz CT molecular complexity index is 682. The van der Waals surface area contributed by atoms with Crippen molar-refractivity contribution >= 4 is 17.8 Å². The normalized spacial score (nSPS) is 16.6. The quantitative estimate of drug-likeness (QED) is 0.763. The third-order valence-electron chi connectivity index (χ3n) is 4.85. The number of rotatable bonds is 7. The Hall–Kier alpha value is -2.57. The van der Waals surface area contributed by atoms with E-state index >= 15 is 0 Å². The Labute approximate surface area is 147 Å². The van der Waals surface area contributed by atoms with E-state index < -0.39 is 23.3 Å². The Kier molecular flexibility index (Phi) is 5.66. The van der Waals surface area contributed by atoms with E-state index in [2.05, 4.69) is 5.32 Å². The lowest BCUT2D eigenvalue weighted by molar-refractivity contribution is -0.152. The number of carbonyl (C=O) groups excluding carboxylic acids is 3. The van der Waals surface area contributed by atoms with Crippen molar-refractivity contribution in [1.29, 1.82) is 0 Å². The number of hydrogen-bond acceptors (Lipinski definition) is 5. The van der Waals surface area contributed by atoms with Crippen LogP contribution in [0.3, 0.4) is 0 Å². The minimum atomic E-state index is -1.17.